The van der Waals surface area contributed by atoms with Gasteiger partial charge in [0.2, 0.25) is 0 Å². The SMILES string of the molecule is CCCCCN(C)C(=O)c1cc2c(Cc3ccc(CC)cc3)[nH]nc2cc1O. The highest BCUT2D eigenvalue weighted by atomic mass is 16.3. The van der Waals surface area contributed by atoms with Gasteiger partial charge >= 0.3 is 0 Å². The lowest BCUT2D eigenvalue weighted by Crippen LogP contribution is -2.27. The molecule has 148 valence electrons. The molecule has 1 heterocycles. The van der Waals surface area contributed by atoms with Gasteiger partial charge in [-0.25, -0.2) is 0 Å². The Labute approximate surface area is 166 Å². The van der Waals surface area contributed by atoms with E-state index in [0.717, 1.165) is 36.8 Å². The Balaban J connectivity index is 1.86. The molecule has 0 atom stereocenters. The van der Waals surface area contributed by atoms with E-state index in [2.05, 4.69) is 48.3 Å². The molecule has 3 aromatic rings. The number of H-pyrrole nitrogens is 1. The molecule has 28 heavy (non-hydrogen) atoms. The Kier molecular flexibility index (Phi) is 6.34. The number of hydrogen-bond acceptors (Lipinski definition) is 3. The van der Waals surface area contributed by atoms with E-state index in [1.165, 1.54) is 11.1 Å². The molecule has 2 N–H and O–H groups in total. The van der Waals surface area contributed by atoms with Crippen LogP contribution in [0.3, 0.4) is 0 Å². The van der Waals surface area contributed by atoms with E-state index in [1.54, 1.807) is 24.1 Å². The number of aromatic hydroxyl groups is 1. The molecule has 0 aliphatic carbocycles. The zero-order valence-electron chi connectivity index (χ0n) is 17.0. The summed E-state index contributed by atoms with van der Waals surface area (Å²) < 4.78 is 0. The molecular weight excluding hydrogens is 350 g/mol. The predicted molar refractivity (Wildman–Crippen MR) is 113 cm³/mol. The largest absolute Gasteiger partial charge is 0.507 e. The molecule has 2 aromatic carbocycles. The van der Waals surface area contributed by atoms with Gasteiger partial charge in [-0.1, -0.05) is 51.0 Å². The first-order valence-corrected chi connectivity index (χ1v) is 10.1. The Hall–Kier alpha value is -2.82. The minimum Gasteiger partial charge on any atom is -0.507 e. The molecule has 0 fully saturated rings. The van der Waals surface area contributed by atoms with E-state index in [0.29, 0.717) is 24.0 Å². The van der Waals surface area contributed by atoms with Crippen LogP contribution in [0.5, 0.6) is 5.75 Å². The maximum absolute atomic E-state index is 12.8. The predicted octanol–water partition coefficient (Wildman–Crippen LogP) is 4.68. The summed E-state index contributed by atoms with van der Waals surface area (Å²) in [6.07, 6.45) is 4.88. The number of rotatable bonds is 8. The third-order valence-electron chi connectivity index (χ3n) is 5.24. The summed E-state index contributed by atoms with van der Waals surface area (Å²) in [5.41, 5.74) is 4.43. The van der Waals surface area contributed by atoms with Gasteiger partial charge < -0.3 is 10.0 Å². The highest BCUT2D eigenvalue weighted by Gasteiger charge is 2.19. The van der Waals surface area contributed by atoms with Crippen molar-refractivity contribution in [2.75, 3.05) is 13.6 Å². The maximum Gasteiger partial charge on any atom is 0.257 e. The van der Waals surface area contributed by atoms with E-state index < -0.39 is 0 Å². The summed E-state index contributed by atoms with van der Waals surface area (Å²) in [5, 5.41) is 18.6. The van der Waals surface area contributed by atoms with Crippen molar-refractivity contribution in [2.24, 2.45) is 0 Å². The first kappa shape index (κ1) is 19.9. The zero-order valence-corrected chi connectivity index (χ0v) is 17.0. The van der Waals surface area contributed by atoms with Crippen LogP contribution in [0.1, 0.15) is 60.3 Å². The van der Waals surface area contributed by atoms with E-state index in [9.17, 15) is 9.90 Å². The summed E-state index contributed by atoms with van der Waals surface area (Å²) in [6, 6.07) is 11.9. The number of phenols is 1. The van der Waals surface area contributed by atoms with Crippen LogP contribution in [-0.2, 0) is 12.8 Å². The van der Waals surface area contributed by atoms with Crippen molar-refractivity contribution >= 4 is 16.8 Å². The van der Waals surface area contributed by atoms with Crippen molar-refractivity contribution < 1.29 is 9.90 Å². The van der Waals surface area contributed by atoms with Crippen LogP contribution in [0.4, 0.5) is 0 Å². The number of unbranched alkanes of at least 4 members (excludes halogenated alkanes) is 2. The number of aromatic nitrogens is 2. The number of carbonyl (C=O) groups is 1. The normalized spacial score (nSPS) is 11.1. The Morgan fingerprint density at radius 3 is 2.50 bits per heavy atom. The highest BCUT2D eigenvalue weighted by Crippen LogP contribution is 2.28. The second-order valence-electron chi connectivity index (χ2n) is 7.37. The van der Waals surface area contributed by atoms with Crippen LogP contribution in [0.15, 0.2) is 36.4 Å². The standard InChI is InChI=1S/C23H29N3O2/c1-4-6-7-12-26(3)23(28)19-14-18-20(24-25-21(18)15-22(19)27)13-17-10-8-16(5-2)9-11-17/h8-11,14-15,27H,4-7,12-13H2,1-3H3,(H,24,25). The van der Waals surface area contributed by atoms with Crippen molar-refractivity contribution in [3.8, 4) is 5.75 Å². The molecule has 5 heteroatoms. The van der Waals surface area contributed by atoms with Crippen molar-refractivity contribution in [1.29, 1.82) is 0 Å². The lowest BCUT2D eigenvalue weighted by molar-refractivity contribution is 0.0790. The fourth-order valence-electron chi connectivity index (χ4n) is 3.41. The molecule has 0 spiro atoms. The van der Waals surface area contributed by atoms with Crippen molar-refractivity contribution in [1.82, 2.24) is 15.1 Å². The Morgan fingerprint density at radius 2 is 1.82 bits per heavy atom. The van der Waals surface area contributed by atoms with Crippen LogP contribution in [0.2, 0.25) is 0 Å². The van der Waals surface area contributed by atoms with Gasteiger partial charge in [-0.3, -0.25) is 9.89 Å². The van der Waals surface area contributed by atoms with Gasteiger partial charge in [0.1, 0.15) is 5.75 Å². The van der Waals surface area contributed by atoms with Crippen LogP contribution in [-0.4, -0.2) is 39.7 Å². The smallest absolute Gasteiger partial charge is 0.257 e. The minimum atomic E-state index is -0.157. The van der Waals surface area contributed by atoms with Gasteiger partial charge in [0.05, 0.1) is 11.1 Å². The molecule has 0 unspecified atom stereocenters. The van der Waals surface area contributed by atoms with E-state index in [4.69, 9.17) is 0 Å². The summed E-state index contributed by atoms with van der Waals surface area (Å²) in [4.78, 5) is 14.5. The molecule has 1 aromatic heterocycles. The van der Waals surface area contributed by atoms with Crippen molar-refractivity contribution in [2.45, 2.75) is 46.0 Å². The average Bonchev–Trinajstić information content (AvgIpc) is 3.08. The average molecular weight is 380 g/mol. The van der Waals surface area contributed by atoms with Gasteiger partial charge in [-0.05, 0) is 30.0 Å². The number of carbonyl (C=O) groups excluding carboxylic acids is 1. The molecule has 0 aliphatic heterocycles. The van der Waals surface area contributed by atoms with Crippen molar-refractivity contribution in [3.05, 3.63) is 58.8 Å². The molecule has 5 nitrogen and oxygen atoms in total. The van der Waals surface area contributed by atoms with Gasteiger partial charge in [-0.15, -0.1) is 0 Å². The van der Waals surface area contributed by atoms with Crippen LogP contribution in [0.25, 0.3) is 10.9 Å². The minimum absolute atomic E-state index is 0.0230. The number of aromatic amines is 1. The first-order chi connectivity index (χ1) is 13.5. The monoisotopic (exact) mass is 379 g/mol. The summed E-state index contributed by atoms with van der Waals surface area (Å²) in [6.45, 7) is 4.96. The molecule has 0 bridgehead atoms. The lowest BCUT2D eigenvalue weighted by atomic mass is 10.0. The van der Waals surface area contributed by atoms with E-state index in [1.807, 2.05) is 0 Å². The Morgan fingerprint density at radius 1 is 1.11 bits per heavy atom. The highest BCUT2D eigenvalue weighted by molar-refractivity contribution is 6.01. The molecule has 0 aliphatic rings. The molecule has 3 rings (SSSR count). The Bertz CT molecular complexity index is 944. The molecule has 0 radical (unpaired) electrons. The second kappa shape index (κ2) is 8.91. The van der Waals surface area contributed by atoms with E-state index >= 15 is 0 Å². The fraction of sp³-hybridized carbons (Fsp3) is 0.391. The first-order valence-electron chi connectivity index (χ1n) is 10.1. The number of benzene rings is 2. The van der Waals surface area contributed by atoms with Gasteiger partial charge in [-0.2, -0.15) is 5.10 Å². The second-order valence-corrected chi connectivity index (χ2v) is 7.37. The number of fused-ring (bicyclic) bond motifs is 1. The van der Waals surface area contributed by atoms with E-state index in [-0.39, 0.29) is 11.7 Å². The maximum atomic E-state index is 12.8. The zero-order chi connectivity index (χ0) is 20.1. The van der Waals surface area contributed by atoms with Crippen LogP contribution < -0.4 is 0 Å². The molecule has 1 amide bonds. The number of amides is 1. The van der Waals surface area contributed by atoms with Gasteiger partial charge in [0.15, 0.2) is 0 Å². The number of nitrogens with zero attached hydrogens (tertiary/aromatic N) is 2. The van der Waals surface area contributed by atoms with Crippen LogP contribution >= 0.6 is 0 Å². The van der Waals surface area contributed by atoms with Gasteiger partial charge in [0, 0.05) is 37.2 Å². The topological polar surface area (TPSA) is 69.2 Å². The lowest BCUT2D eigenvalue weighted by Gasteiger charge is -2.17. The third-order valence-corrected chi connectivity index (χ3v) is 5.24. The number of aryl methyl sites for hydroxylation is 1. The molecular formula is C23H29N3O2. The number of phenolic OH excluding ortho intramolecular Hbond substituents is 1. The molecule has 0 saturated carbocycles. The summed E-state index contributed by atoms with van der Waals surface area (Å²) in [7, 11) is 1.78. The molecule has 0 saturated heterocycles. The quantitative estimate of drug-likeness (QED) is 0.558. The number of hydrogen-bond donors (Lipinski definition) is 2. The van der Waals surface area contributed by atoms with Crippen LogP contribution in [0, 0.1) is 0 Å². The summed E-state index contributed by atoms with van der Waals surface area (Å²) in [5.74, 6) is -0.180. The number of nitrogens with one attached hydrogen (secondary N) is 1. The third kappa shape index (κ3) is 4.35. The van der Waals surface area contributed by atoms with Gasteiger partial charge in [0.25, 0.3) is 5.91 Å². The fourth-order valence-corrected chi connectivity index (χ4v) is 3.41. The summed E-state index contributed by atoms with van der Waals surface area (Å²) >= 11 is 0. The van der Waals surface area contributed by atoms with Crippen molar-refractivity contribution in [3.63, 3.8) is 0 Å².